The quantitative estimate of drug-likeness (QED) is 0.381. The van der Waals surface area contributed by atoms with Crippen LogP contribution in [0.25, 0.3) is 16.8 Å². The zero-order chi connectivity index (χ0) is 26.0. The Kier molecular flexibility index (Phi) is 6.65. The number of anilines is 2. The van der Waals surface area contributed by atoms with Crippen molar-refractivity contribution in [2.45, 2.75) is 33.0 Å². The molecule has 4 heterocycles. The number of halogens is 4. The number of alkyl halides is 3. The van der Waals surface area contributed by atoms with Crippen LogP contribution in [0, 0.1) is 17.1 Å². The Morgan fingerprint density at radius 2 is 2.00 bits per heavy atom. The van der Waals surface area contributed by atoms with Crippen molar-refractivity contribution >= 4 is 17.4 Å². The molecule has 0 unspecified atom stereocenters. The van der Waals surface area contributed by atoms with Crippen LogP contribution >= 0.6 is 0 Å². The molecule has 0 amide bonds. The molecule has 186 valence electrons. The lowest BCUT2D eigenvalue weighted by Gasteiger charge is -2.14. The minimum Gasteiger partial charge on any atom is -0.493 e. The average molecular weight is 499 g/mol. The fourth-order valence-electron chi connectivity index (χ4n) is 3.89. The number of nitrogens with two attached hydrogens (primary N) is 1. The maximum absolute atomic E-state index is 14.5. The van der Waals surface area contributed by atoms with Crippen LogP contribution in [-0.2, 0) is 19.1 Å². The van der Waals surface area contributed by atoms with Gasteiger partial charge in [0.2, 0.25) is 5.95 Å². The monoisotopic (exact) mass is 499 g/mol. The number of hydrogen-bond acceptors (Lipinski definition) is 7. The van der Waals surface area contributed by atoms with Crippen LogP contribution in [-0.4, -0.2) is 26.0 Å². The molecule has 0 fully saturated rings. The second-order valence-electron chi connectivity index (χ2n) is 7.54. The van der Waals surface area contributed by atoms with Crippen LogP contribution in [0.4, 0.5) is 29.3 Å². The average Bonchev–Trinajstić information content (AvgIpc) is 3.52. The Labute approximate surface area is 203 Å². The van der Waals surface area contributed by atoms with E-state index in [0.717, 1.165) is 11.6 Å². The third kappa shape index (κ3) is 4.47. The van der Waals surface area contributed by atoms with Gasteiger partial charge in [-0.05, 0) is 18.2 Å². The van der Waals surface area contributed by atoms with E-state index in [-0.39, 0.29) is 35.0 Å². The van der Waals surface area contributed by atoms with Crippen molar-refractivity contribution < 1.29 is 22.3 Å². The SMILES string of the molecule is CC.N#Cc1cn2c(NCc3c(F)ccc4c3CCO4)ncc(-c3cnc(N)c(C(F)(F)F)c3)c2n1. The highest BCUT2D eigenvalue weighted by atomic mass is 19.4. The summed E-state index contributed by atoms with van der Waals surface area (Å²) in [4.78, 5) is 12.1. The second kappa shape index (κ2) is 9.69. The van der Waals surface area contributed by atoms with Crippen LogP contribution in [0.2, 0.25) is 0 Å². The number of aromatic nitrogens is 4. The van der Waals surface area contributed by atoms with E-state index >= 15 is 0 Å². The molecule has 12 heteroatoms. The van der Waals surface area contributed by atoms with E-state index in [0.29, 0.717) is 24.3 Å². The lowest BCUT2D eigenvalue weighted by molar-refractivity contribution is -0.137. The van der Waals surface area contributed by atoms with E-state index < -0.39 is 23.4 Å². The topological polar surface area (TPSA) is 114 Å². The molecule has 36 heavy (non-hydrogen) atoms. The number of ether oxygens (including phenoxy) is 1. The molecule has 0 radical (unpaired) electrons. The van der Waals surface area contributed by atoms with Crippen LogP contribution in [0.15, 0.2) is 36.8 Å². The van der Waals surface area contributed by atoms with E-state index in [9.17, 15) is 22.8 Å². The smallest absolute Gasteiger partial charge is 0.419 e. The highest BCUT2D eigenvalue weighted by Crippen LogP contribution is 2.36. The summed E-state index contributed by atoms with van der Waals surface area (Å²) < 4.78 is 61.4. The van der Waals surface area contributed by atoms with Gasteiger partial charge in [-0.1, -0.05) is 13.8 Å². The first-order valence-corrected chi connectivity index (χ1v) is 11.0. The van der Waals surface area contributed by atoms with E-state index in [2.05, 4.69) is 20.3 Å². The molecule has 0 saturated heterocycles. The molecular weight excluding hydrogens is 478 g/mol. The molecule has 0 bridgehead atoms. The molecule has 3 N–H and O–H groups in total. The number of hydrogen-bond donors (Lipinski definition) is 2. The Morgan fingerprint density at radius 1 is 1.22 bits per heavy atom. The summed E-state index contributed by atoms with van der Waals surface area (Å²) in [5, 5.41) is 12.3. The van der Waals surface area contributed by atoms with Crippen LogP contribution < -0.4 is 15.8 Å². The predicted octanol–water partition coefficient (Wildman–Crippen LogP) is 4.98. The first kappa shape index (κ1) is 24.7. The van der Waals surface area contributed by atoms with Crippen molar-refractivity contribution in [3.05, 3.63) is 65.0 Å². The maximum atomic E-state index is 14.5. The van der Waals surface area contributed by atoms with Crippen LogP contribution in [0.5, 0.6) is 5.75 Å². The van der Waals surface area contributed by atoms with Gasteiger partial charge >= 0.3 is 6.18 Å². The zero-order valence-electron chi connectivity index (χ0n) is 19.3. The van der Waals surface area contributed by atoms with Gasteiger partial charge in [0.05, 0.1) is 18.4 Å². The standard InChI is InChI=1S/C22H15F4N7O.C2H6/c23-17-1-2-18-13(3-4-34-18)15(17)9-31-21-30-8-14(20-32-12(6-27)10-33(20)21)11-5-16(22(24,25)26)19(28)29-7-11;1-2/h1-2,5,7-8,10H,3-4,9H2,(H2,28,29)(H,30,31);1-2H3. The summed E-state index contributed by atoms with van der Waals surface area (Å²) in [7, 11) is 0. The molecule has 5 rings (SSSR count). The summed E-state index contributed by atoms with van der Waals surface area (Å²) in [6.07, 6.45) is -0.249. The third-order valence-corrected chi connectivity index (χ3v) is 5.50. The number of nitrogen functional groups attached to an aromatic ring is 1. The van der Waals surface area contributed by atoms with E-state index in [1.54, 1.807) is 6.07 Å². The molecule has 1 aliphatic heterocycles. The molecule has 8 nitrogen and oxygen atoms in total. The van der Waals surface area contributed by atoms with Crippen molar-refractivity contribution in [1.29, 1.82) is 5.26 Å². The van der Waals surface area contributed by atoms with Crippen LogP contribution in [0.1, 0.15) is 36.2 Å². The zero-order valence-corrected chi connectivity index (χ0v) is 19.3. The minimum atomic E-state index is -4.70. The highest BCUT2D eigenvalue weighted by molar-refractivity contribution is 5.79. The van der Waals surface area contributed by atoms with E-state index in [1.807, 2.05) is 19.9 Å². The summed E-state index contributed by atoms with van der Waals surface area (Å²) >= 11 is 0. The number of rotatable bonds is 4. The molecule has 0 spiro atoms. The lowest BCUT2D eigenvalue weighted by atomic mass is 10.0. The number of imidazole rings is 1. The van der Waals surface area contributed by atoms with Crippen molar-refractivity contribution in [3.8, 4) is 22.9 Å². The lowest BCUT2D eigenvalue weighted by Crippen LogP contribution is -2.11. The highest BCUT2D eigenvalue weighted by Gasteiger charge is 2.34. The molecule has 4 aromatic rings. The van der Waals surface area contributed by atoms with Gasteiger partial charge in [0.25, 0.3) is 0 Å². The molecule has 3 aromatic heterocycles. The molecule has 0 aliphatic carbocycles. The number of nitrogens with one attached hydrogen (secondary N) is 1. The second-order valence-corrected chi connectivity index (χ2v) is 7.54. The van der Waals surface area contributed by atoms with Gasteiger partial charge in [-0.3, -0.25) is 4.40 Å². The Hall–Kier alpha value is -4.40. The van der Waals surface area contributed by atoms with Gasteiger partial charge < -0.3 is 15.8 Å². The number of nitrogens with zero attached hydrogens (tertiary/aromatic N) is 5. The van der Waals surface area contributed by atoms with Crippen molar-refractivity contribution in [2.24, 2.45) is 0 Å². The largest absolute Gasteiger partial charge is 0.493 e. The third-order valence-electron chi connectivity index (χ3n) is 5.50. The molecule has 0 saturated carbocycles. The minimum absolute atomic E-state index is 0.0249. The summed E-state index contributed by atoms with van der Waals surface area (Å²) in [6.45, 7) is 4.53. The van der Waals surface area contributed by atoms with Gasteiger partial charge in [-0.2, -0.15) is 18.4 Å². The fraction of sp³-hybridized carbons (Fsp3) is 0.250. The first-order valence-electron chi connectivity index (χ1n) is 11.0. The van der Waals surface area contributed by atoms with Gasteiger partial charge in [-0.25, -0.2) is 19.3 Å². The summed E-state index contributed by atoms with van der Waals surface area (Å²) in [6, 6.07) is 5.67. The first-order chi connectivity index (χ1) is 17.3. The molecule has 0 atom stereocenters. The van der Waals surface area contributed by atoms with Gasteiger partial charge in [0.1, 0.15) is 23.5 Å². The van der Waals surface area contributed by atoms with Crippen molar-refractivity contribution in [3.63, 3.8) is 0 Å². The van der Waals surface area contributed by atoms with E-state index in [4.69, 9.17) is 10.5 Å². The van der Waals surface area contributed by atoms with Crippen molar-refractivity contribution in [2.75, 3.05) is 17.7 Å². The summed E-state index contributed by atoms with van der Waals surface area (Å²) in [5.41, 5.74) is 5.98. The fourth-order valence-corrected chi connectivity index (χ4v) is 3.89. The molecular formula is C24H21F4N7O. The Balaban J connectivity index is 0.00000148. The number of pyridine rings is 1. The Morgan fingerprint density at radius 3 is 2.72 bits per heavy atom. The Bertz CT molecular complexity index is 1470. The molecule has 1 aromatic carbocycles. The van der Waals surface area contributed by atoms with Crippen LogP contribution in [0.3, 0.4) is 0 Å². The van der Waals surface area contributed by atoms with Gasteiger partial charge in [0.15, 0.2) is 11.3 Å². The number of fused-ring (bicyclic) bond motifs is 2. The van der Waals surface area contributed by atoms with Crippen molar-refractivity contribution in [1.82, 2.24) is 19.4 Å². The predicted molar refractivity (Wildman–Crippen MR) is 125 cm³/mol. The summed E-state index contributed by atoms with van der Waals surface area (Å²) in [5.74, 6) is -0.206. The normalized spacial score (nSPS) is 12.4. The molecule has 1 aliphatic rings. The maximum Gasteiger partial charge on any atom is 0.419 e. The van der Waals surface area contributed by atoms with E-state index in [1.165, 1.54) is 29.1 Å². The van der Waals surface area contributed by atoms with Gasteiger partial charge in [-0.15, -0.1) is 0 Å². The number of nitriles is 1. The van der Waals surface area contributed by atoms with Gasteiger partial charge in [0, 0.05) is 47.6 Å². The number of benzene rings is 1.